The van der Waals surface area contributed by atoms with Gasteiger partial charge in [-0.25, -0.2) is 0 Å². The van der Waals surface area contributed by atoms with Gasteiger partial charge in [-0.15, -0.1) is 0 Å². The van der Waals surface area contributed by atoms with E-state index in [-0.39, 0.29) is 5.91 Å². The fourth-order valence-corrected chi connectivity index (χ4v) is 2.66. The normalized spacial score (nSPS) is 15.4. The summed E-state index contributed by atoms with van der Waals surface area (Å²) in [6.45, 7) is 0.781. The molecule has 2 aromatic carbocycles. The summed E-state index contributed by atoms with van der Waals surface area (Å²) < 4.78 is 0. The van der Waals surface area contributed by atoms with E-state index in [0.29, 0.717) is 0 Å². The first-order valence-electron chi connectivity index (χ1n) is 7.00. The highest BCUT2D eigenvalue weighted by molar-refractivity contribution is 6.32. The second-order valence-corrected chi connectivity index (χ2v) is 5.32. The first-order valence-corrected chi connectivity index (χ1v) is 7.00. The molecule has 3 nitrogen and oxygen atoms in total. The molecule has 0 atom stereocenters. The molecular weight excluding hydrogens is 260 g/mol. The Hall–Kier alpha value is -2.55. The molecule has 0 aromatic heterocycles. The second-order valence-electron chi connectivity index (χ2n) is 5.32. The SMILES string of the molecule is CN(/C=C1\C(=O)N(C)c2ccccc21)Cc1ccccc1. The first kappa shape index (κ1) is 13.4. The topological polar surface area (TPSA) is 23.6 Å². The van der Waals surface area contributed by atoms with Crippen LogP contribution < -0.4 is 4.90 Å². The second kappa shape index (κ2) is 5.44. The van der Waals surface area contributed by atoms with Crippen molar-refractivity contribution in [3.05, 3.63) is 71.9 Å². The molecule has 0 spiro atoms. The van der Waals surface area contributed by atoms with E-state index in [4.69, 9.17) is 0 Å². The van der Waals surface area contributed by atoms with Crippen LogP contribution in [-0.2, 0) is 11.3 Å². The maximum absolute atomic E-state index is 12.4. The Balaban J connectivity index is 1.88. The molecule has 1 heterocycles. The van der Waals surface area contributed by atoms with Gasteiger partial charge in [0.05, 0.1) is 11.3 Å². The van der Waals surface area contributed by atoms with Gasteiger partial charge in [-0.05, 0) is 11.6 Å². The zero-order valence-corrected chi connectivity index (χ0v) is 12.3. The van der Waals surface area contributed by atoms with Crippen molar-refractivity contribution in [2.75, 3.05) is 19.0 Å². The van der Waals surface area contributed by atoms with Crippen molar-refractivity contribution in [1.82, 2.24) is 4.90 Å². The highest BCUT2D eigenvalue weighted by Crippen LogP contribution is 2.35. The van der Waals surface area contributed by atoms with Crippen LogP contribution in [0.1, 0.15) is 11.1 Å². The Morgan fingerprint density at radius 3 is 2.48 bits per heavy atom. The molecule has 1 aliphatic heterocycles. The van der Waals surface area contributed by atoms with Crippen molar-refractivity contribution in [1.29, 1.82) is 0 Å². The number of rotatable bonds is 3. The predicted molar refractivity (Wildman–Crippen MR) is 85.7 cm³/mol. The van der Waals surface area contributed by atoms with Crippen LogP contribution in [0, 0.1) is 0 Å². The van der Waals surface area contributed by atoms with Crippen LogP contribution in [0.2, 0.25) is 0 Å². The Labute approximate surface area is 125 Å². The molecule has 0 saturated carbocycles. The van der Waals surface area contributed by atoms with Crippen molar-refractivity contribution in [2.45, 2.75) is 6.54 Å². The van der Waals surface area contributed by atoms with Gasteiger partial charge in [0.1, 0.15) is 0 Å². The monoisotopic (exact) mass is 278 g/mol. The standard InChI is InChI=1S/C18H18N2O/c1-19(12-14-8-4-3-5-9-14)13-16-15-10-6-7-11-17(15)20(2)18(16)21/h3-11,13H,12H2,1-2H3/b16-13-. The summed E-state index contributed by atoms with van der Waals surface area (Å²) in [7, 11) is 3.81. The zero-order chi connectivity index (χ0) is 14.8. The largest absolute Gasteiger partial charge is 0.375 e. The number of fused-ring (bicyclic) bond motifs is 1. The lowest BCUT2D eigenvalue weighted by Crippen LogP contribution is -2.21. The molecule has 106 valence electrons. The number of likely N-dealkylation sites (N-methyl/N-ethyl adjacent to an activating group) is 1. The molecule has 3 heteroatoms. The summed E-state index contributed by atoms with van der Waals surface area (Å²) in [5.41, 5.74) is 3.96. The van der Waals surface area contributed by atoms with E-state index in [1.807, 2.05) is 62.8 Å². The van der Waals surface area contributed by atoms with Crippen molar-refractivity contribution in [3.63, 3.8) is 0 Å². The Bertz CT molecular complexity index is 691. The van der Waals surface area contributed by atoms with Crippen LogP contribution in [-0.4, -0.2) is 24.9 Å². The molecule has 3 rings (SSSR count). The van der Waals surface area contributed by atoms with Crippen molar-refractivity contribution in [2.24, 2.45) is 0 Å². The van der Waals surface area contributed by atoms with E-state index in [9.17, 15) is 4.79 Å². The van der Waals surface area contributed by atoms with Gasteiger partial charge in [0.15, 0.2) is 0 Å². The Morgan fingerprint density at radius 2 is 1.71 bits per heavy atom. The number of carbonyl (C=O) groups is 1. The van der Waals surface area contributed by atoms with Crippen molar-refractivity contribution < 1.29 is 4.79 Å². The van der Waals surface area contributed by atoms with Gasteiger partial charge < -0.3 is 9.80 Å². The summed E-state index contributed by atoms with van der Waals surface area (Å²) in [5.74, 6) is 0.0520. The van der Waals surface area contributed by atoms with Crippen LogP contribution in [0.15, 0.2) is 60.8 Å². The van der Waals surface area contributed by atoms with E-state index < -0.39 is 0 Å². The molecule has 0 saturated heterocycles. The predicted octanol–water partition coefficient (Wildman–Crippen LogP) is 3.14. The number of hydrogen-bond donors (Lipinski definition) is 0. The van der Waals surface area contributed by atoms with Crippen molar-refractivity contribution >= 4 is 17.2 Å². The van der Waals surface area contributed by atoms with E-state index in [1.165, 1.54) is 5.56 Å². The number of anilines is 1. The third-order valence-electron chi connectivity index (χ3n) is 3.71. The highest BCUT2D eigenvalue weighted by atomic mass is 16.2. The van der Waals surface area contributed by atoms with Gasteiger partial charge in [-0.2, -0.15) is 0 Å². The number of amides is 1. The van der Waals surface area contributed by atoms with Gasteiger partial charge in [-0.3, -0.25) is 4.79 Å². The molecule has 0 N–H and O–H groups in total. The van der Waals surface area contributed by atoms with Gasteiger partial charge in [0.2, 0.25) is 0 Å². The number of benzene rings is 2. The van der Waals surface area contributed by atoms with E-state index in [0.717, 1.165) is 23.4 Å². The molecular formula is C18H18N2O. The lowest BCUT2D eigenvalue weighted by molar-refractivity contribution is -0.112. The number of para-hydroxylation sites is 1. The molecule has 21 heavy (non-hydrogen) atoms. The maximum atomic E-state index is 12.4. The molecule has 1 amide bonds. The molecule has 0 bridgehead atoms. The number of nitrogens with zero attached hydrogens (tertiary/aromatic N) is 2. The quantitative estimate of drug-likeness (QED) is 0.805. The van der Waals surface area contributed by atoms with Crippen LogP contribution in [0.25, 0.3) is 5.57 Å². The summed E-state index contributed by atoms with van der Waals surface area (Å²) in [4.78, 5) is 16.1. The van der Waals surface area contributed by atoms with Gasteiger partial charge >= 0.3 is 0 Å². The van der Waals surface area contributed by atoms with Crippen LogP contribution in [0.3, 0.4) is 0 Å². The lowest BCUT2D eigenvalue weighted by atomic mass is 10.1. The molecule has 0 unspecified atom stereocenters. The minimum atomic E-state index is 0.0520. The van der Waals surface area contributed by atoms with Gasteiger partial charge in [-0.1, -0.05) is 48.5 Å². The third kappa shape index (κ3) is 2.55. The van der Waals surface area contributed by atoms with E-state index >= 15 is 0 Å². The Morgan fingerprint density at radius 1 is 1.05 bits per heavy atom. The summed E-state index contributed by atoms with van der Waals surface area (Å²) in [6, 6.07) is 18.1. The smallest absolute Gasteiger partial charge is 0.260 e. The van der Waals surface area contributed by atoms with Gasteiger partial charge in [0.25, 0.3) is 5.91 Å². The maximum Gasteiger partial charge on any atom is 0.260 e. The van der Waals surface area contributed by atoms with E-state index in [2.05, 4.69) is 17.0 Å². The molecule has 0 fully saturated rings. The molecule has 0 radical (unpaired) electrons. The average Bonchev–Trinajstić information content (AvgIpc) is 2.74. The summed E-state index contributed by atoms with van der Waals surface area (Å²) in [6.07, 6.45) is 1.94. The summed E-state index contributed by atoms with van der Waals surface area (Å²) in [5, 5.41) is 0. The fourth-order valence-electron chi connectivity index (χ4n) is 2.66. The number of carbonyl (C=O) groups excluding carboxylic acids is 1. The van der Waals surface area contributed by atoms with Crippen LogP contribution in [0.5, 0.6) is 0 Å². The molecule has 2 aromatic rings. The minimum Gasteiger partial charge on any atom is -0.375 e. The number of hydrogen-bond acceptors (Lipinski definition) is 2. The average molecular weight is 278 g/mol. The third-order valence-corrected chi connectivity index (χ3v) is 3.71. The highest BCUT2D eigenvalue weighted by Gasteiger charge is 2.29. The molecule has 0 aliphatic carbocycles. The minimum absolute atomic E-state index is 0.0520. The van der Waals surface area contributed by atoms with Crippen molar-refractivity contribution in [3.8, 4) is 0 Å². The van der Waals surface area contributed by atoms with Gasteiger partial charge in [0, 0.05) is 32.4 Å². The lowest BCUT2D eigenvalue weighted by Gasteiger charge is -2.15. The van der Waals surface area contributed by atoms with Crippen LogP contribution in [0.4, 0.5) is 5.69 Å². The zero-order valence-electron chi connectivity index (χ0n) is 12.3. The van der Waals surface area contributed by atoms with Crippen LogP contribution >= 0.6 is 0 Å². The molecule has 1 aliphatic rings. The Kier molecular flexibility index (Phi) is 3.48. The van der Waals surface area contributed by atoms with E-state index in [1.54, 1.807) is 4.90 Å². The summed E-state index contributed by atoms with van der Waals surface area (Å²) >= 11 is 0. The fraction of sp³-hybridized carbons (Fsp3) is 0.167. The first-order chi connectivity index (χ1) is 10.2.